The van der Waals surface area contributed by atoms with Gasteiger partial charge in [-0.05, 0) is 13.0 Å². The normalized spacial score (nSPS) is 9.00. The Bertz CT molecular complexity index is 317. The Morgan fingerprint density at radius 1 is 1.75 bits per heavy atom. The molecule has 0 amide bonds. The van der Waals surface area contributed by atoms with Crippen molar-refractivity contribution in [1.29, 1.82) is 5.26 Å². The molecule has 0 bridgehead atoms. The van der Waals surface area contributed by atoms with Gasteiger partial charge in [-0.25, -0.2) is 4.98 Å². The Kier molecular flexibility index (Phi) is 2.49. The molecule has 62 valence electrons. The summed E-state index contributed by atoms with van der Waals surface area (Å²) in [6, 6.07) is 3.48. The average molecular weight is 163 g/mol. The zero-order valence-corrected chi connectivity index (χ0v) is 6.74. The van der Waals surface area contributed by atoms with Gasteiger partial charge in [0, 0.05) is 6.20 Å². The van der Waals surface area contributed by atoms with Crippen molar-refractivity contribution in [2.45, 2.75) is 6.92 Å². The maximum Gasteiger partial charge on any atom is 0.237 e. The summed E-state index contributed by atoms with van der Waals surface area (Å²) in [6.45, 7) is 2.36. The van der Waals surface area contributed by atoms with Gasteiger partial charge in [0.25, 0.3) is 0 Å². The first-order valence-electron chi connectivity index (χ1n) is 3.56. The van der Waals surface area contributed by atoms with Gasteiger partial charge in [0.15, 0.2) is 0 Å². The fourth-order valence-electron chi connectivity index (χ4n) is 0.788. The summed E-state index contributed by atoms with van der Waals surface area (Å²) in [4.78, 5) is 3.87. The van der Waals surface area contributed by atoms with Crippen molar-refractivity contribution in [1.82, 2.24) is 4.98 Å². The van der Waals surface area contributed by atoms with Crippen LogP contribution in [0.15, 0.2) is 12.3 Å². The molecule has 2 N–H and O–H groups in total. The summed E-state index contributed by atoms with van der Waals surface area (Å²) in [7, 11) is 0. The molecule has 0 aliphatic heterocycles. The summed E-state index contributed by atoms with van der Waals surface area (Å²) in [6.07, 6.45) is 1.43. The molecule has 0 atom stereocenters. The van der Waals surface area contributed by atoms with Crippen molar-refractivity contribution < 1.29 is 4.74 Å². The number of hydrogen-bond acceptors (Lipinski definition) is 4. The first kappa shape index (κ1) is 8.34. The minimum Gasteiger partial charge on any atom is -0.477 e. The fraction of sp³-hybridized carbons (Fsp3) is 0.250. The molecule has 1 rings (SSSR count). The first-order valence-corrected chi connectivity index (χ1v) is 3.56. The summed E-state index contributed by atoms with van der Waals surface area (Å²) < 4.78 is 5.09. The van der Waals surface area contributed by atoms with Gasteiger partial charge in [0.2, 0.25) is 5.88 Å². The number of aromatic nitrogens is 1. The van der Waals surface area contributed by atoms with Gasteiger partial charge >= 0.3 is 0 Å². The van der Waals surface area contributed by atoms with Crippen molar-refractivity contribution in [2.75, 3.05) is 12.3 Å². The Morgan fingerprint density at radius 3 is 3.00 bits per heavy atom. The van der Waals surface area contributed by atoms with Crippen LogP contribution in [0, 0.1) is 11.3 Å². The van der Waals surface area contributed by atoms with E-state index in [4.69, 9.17) is 15.7 Å². The highest BCUT2D eigenvalue weighted by Crippen LogP contribution is 2.17. The lowest BCUT2D eigenvalue weighted by Gasteiger charge is -2.03. The fourth-order valence-corrected chi connectivity index (χ4v) is 0.788. The molecule has 0 aliphatic carbocycles. The zero-order valence-electron chi connectivity index (χ0n) is 6.74. The monoisotopic (exact) mass is 163 g/mol. The lowest BCUT2D eigenvalue weighted by atomic mass is 10.3. The highest BCUT2D eigenvalue weighted by molar-refractivity contribution is 5.51. The molecular formula is C8H9N3O. The number of nitriles is 1. The SMILES string of the molecule is CCOc1ncc(C#N)cc1N. The van der Waals surface area contributed by atoms with Crippen LogP contribution < -0.4 is 10.5 Å². The highest BCUT2D eigenvalue weighted by atomic mass is 16.5. The number of ether oxygens (including phenoxy) is 1. The molecule has 1 aromatic heterocycles. The molecule has 4 heteroatoms. The lowest BCUT2D eigenvalue weighted by Crippen LogP contribution is -1.99. The van der Waals surface area contributed by atoms with Crippen LogP contribution in [0.4, 0.5) is 5.69 Å². The molecule has 0 fully saturated rings. The number of anilines is 1. The molecule has 0 spiro atoms. The quantitative estimate of drug-likeness (QED) is 0.704. The van der Waals surface area contributed by atoms with Gasteiger partial charge in [-0.1, -0.05) is 0 Å². The van der Waals surface area contributed by atoms with Crippen LogP contribution in [-0.2, 0) is 0 Å². The van der Waals surface area contributed by atoms with E-state index >= 15 is 0 Å². The number of nitrogens with zero attached hydrogens (tertiary/aromatic N) is 2. The number of pyridine rings is 1. The second-order valence-corrected chi connectivity index (χ2v) is 2.16. The second-order valence-electron chi connectivity index (χ2n) is 2.16. The van der Waals surface area contributed by atoms with Crippen LogP contribution in [0.25, 0.3) is 0 Å². The first-order chi connectivity index (χ1) is 5.77. The van der Waals surface area contributed by atoms with Crippen LogP contribution in [0.1, 0.15) is 12.5 Å². The van der Waals surface area contributed by atoms with E-state index in [1.807, 2.05) is 13.0 Å². The van der Waals surface area contributed by atoms with Gasteiger partial charge < -0.3 is 10.5 Å². The van der Waals surface area contributed by atoms with Crippen LogP contribution in [0.3, 0.4) is 0 Å². The number of rotatable bonds is 2. The minimum atomic E-state index is 0.386. The van der Waals surface area contributed by atoms with Crippen LogP contribution in [0.5, 0.6) is 5.88 Å². The number of hydrogen-bond donors (Lipinski definition) is 1. The molecule has 4 nitrogen and oxygen atoms in total. The van der Waals surface area contributed by atoms with Crippen molar-refractivity contribution in [3.8, 4) is 11.9 Å². The number of nitrogens with two attached hydrogens (primary N) is 1. The summed E-state index contributed by atoms with van der Waals surface area (Å²) >= 11 is 0. The van der Waals surface area contributed by atoms with E-state index in [1.54, 1.807) is 0 Å². The third-order valence-corrected chi connectivity index (χ3v) is 1.29. The lowest BCUT2D eigenvalue weighted by molar-refractivity contribution is 0.329. The molecule has 1 heterocycles. The topological polar surface area (TPSA) is 71.9 Å². The summed E-state index contributed by atoms with van der Waals surface area (Å²) in [5.74, 6) is 0.386. The zero-order chi connectivity index (χ0) is 8.97. The third kappa shape index (κ3) is 1.64. The number of nitrogen functional groups attached to an aromatic ring is 1. The van der Waals surface area contributed by atoms with E-state index < -0.39 is 0 Å². The predicted molar refractivity (Wildman–Crippen MR) is 44.5 cm³/mol. The Hall–Kier alpha value is -1.76. The molecule has 0 unspecified atom stereocenters. The van der Waals surface area contributed by atoms with Crippen molar-refractivity contribution in [3.05, 3.63) is 17.8 Å². The van der Waals surface area contributed by atoms with E-state index in [2.05, 4.69) is 4.98 Å². The van der Waals surface area contributed by atoms with E-state index in [0.717, 1.165) is 0 Å². The largest absolute Gasteiger partial charge is 0.477 e. The van der Waals surface area contributed by atoms with E-state index in [9.17, 15) is 0 Å². The van der Waals surface area contributed by atoms with Crippen molar-refractivity contribution >= 4 is 5.69 Å². The maximum absolute atomic E-state index is 8.50. The van der Waals surface area contributed by atoms with Crippen molar-refractivity contribution in [2.24, 2.45) is 0 Å². The molecule has 0 aliphatic rings. The van der Waals surface area contributed by atoms with Crippen LogP contribution in [0.2, 0.25) is 0 Å². The third-order valence-electron chi connectivity index (χ3n) is 1.29. The van der Waals surface area contributed by atoms with Gasteiger partial charge in [0.1, 0.15) is 6.07 Å². The van der Waals surface area contributed by atoms with Crippen LogP contribution >= 0.6 is 0 Å². The Labute approximate surface area is 70.6 Å². The maximum atomic E-state index is 8.50. The Balaban J connectivity index is 2.97. The van der Waals surface area contributed by atoms with Crippen LogP contribution in [-0.4, -0.2) is 11.6 Å². The predicted octanol–water partition coefficient (Wildman–Crippen LogP) is 0.934. The van der Waals surface area contributed by atoms with Gasteiger partial charge in [-0.2, -0.15) is 5.26 Å². The molecule has 0 saturated heterocycles. The van der Waals surface area contributed by atoms with E-state index in [1.165, 1.54) is 12.3 Å². The summed E-state index contributed by atoms with van der Waals surface area (Å²) in [5, 5.41) is 8.50. The van der Waals surface area contributed by atoms with Crippen molar-refractivity contribution in [3.63, 3.8) is 0 Å². The van der Waals surface area contributed by atoms with Gasteiger partial charge in [-0.15, -0.1) is 0 Å². The molecule has 1 aromatic rings. The minimum absolute atomic E-state index is 0.386. The van der Waals surface area contributed by atoms with E-state index in [0.29, 0.717) is 23.7 Å². The molecular weight excluding hydrogens is 154 g/mol. The average Bonchev–Trinajstić information content (AvgIpc) is 2.09. The van der Waals surface area contributed by atoms with E-state index in [-0.39, 0.29) is 0 Å². The Morgan fingerprint density at radius 2 is 2.50 bits per heavy atom. The molecule has 12 heavy (non-hydrogen) atoms. The molecule has 0 saturated carbocycles. The summed E-state index contributed by atoms with van der Waals surface area (Å²) in [5.41, 5.74) is 6.38. The molecule has 0 radical (unpaired) electrons. The van der Waals surface area contributed by atoms with Gasteiger partial charge in [0.05, 0.1) is 17.9 Å². The smallest absolute Gasteiger partial charge is 0.237 e. The highest BCUT2D eigenvalue weighted by Gasteiger charge is 2.01. The molecule has 0 aromatic carbocycles. The van der Waals surface area contributed by atoms with Gasteiger partial charge in [-0.3, -0.25) is 0 Å². The standard InChI is InChI=1S/C8H9N3O/c1-2-12-8-7(10)3-6(4-9)5-11-8/h3,5H,2,10H2,1H3. The second kappa shape index (κ2) is 3.58.